The molecule has 0 aromatic rings. The molecule has 1 aliphatic carbocycles. The topological polar surface area (TPSA) is 32.5 Å². The lowest BCUT2D eigenvalue weighted by molar-refractivity contribution is 0.149. The van der Waals surface area contributed by atoms with Gasteiger partial charge in [0.05, 0.1) is 0 Å². The Hall–Kier alpha value is -0.120. The fraction of sp³-hybridized carbons (Fsp3) is 1.00. The molecule has 3 nitrogen and oxygen atoms in total. The molecular formula is C14H27N3. The summed E-state index contributed by atoms with van der Waals surface area (Å²) in [5.74, 6) is 0. The van der Waals surface area contributed by atoms with Crippen molar-refractivity contribution in [2.24, 2.45) is 5.73 Å². The summed E-state index contributed by atoms with van der Waals surface area (Å²) in [7, 11) is 0. The maximum absolute atomic E-state index is 6.23. The third kappa shape index (κ3) is 2.51. The number of nitrogens with two attached hydrogens (primary N) is 1. The van der Waals surface area contributed by atoms with Gasteiger partial charge in [0, 0.05) is 31.2 Å². The van der Waals surface area contributed by atoms with Crippen molar-refractivity contribution in [2.45, 2.75) is 63.1 Å². The second kappa shape index (κ2) is 5.25. The van der Waals surface area contributed by atoms with Crippen LogP contribution in [0.25, 0.3) is 0 Å². The van der Waals surface area contributed by atoms with Crippen molar-refractivity contribution in [3.63, 3.8) is 0 Å². The molecule has 3 heteroatoms. The van der Waals surface area contributed by atoms with Crippen LogP contribution in [0.4, 0.5) is 0 Å². The monoisotopic (exact) mass is 237 g/mol. The van der Waals surface area contributed by atoms with Gasteiger partial charge in [-0.1, -0.05) is 12.8 Å². The predicted octanol–water partition coefficient (Wildman–Crippen LogP) is 1.43. The highest BCUT2D eigenvalue weighted by atomic mass is 15.3. The van der Waals surface area contributed by atoms with E-state index in [9.17, 15) is 0 Å². The van der Waals surface area contributed by atoms with Gasteiger partial charge < -0.3 is 5.73 Å². The zero-order valence-corrected chi connectivity index (χ0v) is 11.0. The summed E-state index contributed by atoms with van der Waals surface area (Å²) in [6.45, 7) is 5.27. The lowest BCUT2D eigenvalue weighted by atomic mass is 10.1. The third-order valence-corrected chi connectivity index (χ3v) is 5.10. The Morgan fingerprint density at radius 1 is 0.765 bits per heavy atom. The molecule has 17 heavy (non-hydrogen) atoms. The normalized spacial score (nSPS) is 41.1. The quantitative estimate of drug-likeness (QED) is 0.788. The Kier molecular flexibility index (Phi) is 3.69. The number of nitrogens with zero attached hydrogens (tertiary/aromatic N) is 2. The molecule has 0 bridgehead atoms. The van der Waals surface area contributed by atoms with E-state index < -0.39 is 0 Å². The highest BCUT2D eigenvalue weighted by molar-refractivity contribution is 4.94. The molecule has 0 aromatic carbocycles. The van der Waals surface area contributed by atoms with Crippen LogP contribution in [-0.2, 0) is 0 Å². The molecule has 0 aromatic heterocycles. The molecule has 3 aliphatic rings. The highest BCUT2D eigenvalue weighted by Crippen LogP contribution is 2.28. The van der Waals surface area contributed by atoms with Crippen LogP contribution in [0.1, 0.15) is 44.9 Å². The average molecular weight is 237 g/mol. The maximum Gasteiger partial charge on any atom is 0.0247 e. The number of hydrogen-bond donors (Lipinski definition) is 1. The number of rotatable bonds is 2. The van der Waals surface area contributed by atoms with Crippen molar-refractivity contribution in [1.82, 2.24) is 9.80 Å². The molecule has 3 unspecified atom stereocenters. The molecule has 2 N–H and O–H groups in total. The van der Waals surface area contributed by atoms with Gasteiger partial charge >= 0.3 is 0 Å². The van der Waals surface area contributed by atoms with E-state index in [0.717, 1.165) is 6.04 Å². The molecule has 3 rings (SSSR count). The van der Waals surface area contributed by atoms with E-state index in [1.54, 1.807) is 0 Å². The molecule has 98 valence electrons. The fourth-order valence-electron chi connectivity index (χ4n) is 4.07. The van der Waals surface area contributed by atoms with Crippen LogP contribution in [0.15, 0.2) is 0 Å². The molecule has 0 amide bonds. The largest absolute Gasteiger partial charge is 0.326 e. The zero-order valence-electron chi connectivity index (χ0n) is 11.0. The van der Waals surface area contributed by atoms with Gasteiger partial charge in [0.1, 0.15) is 0 Å². The lowest BCUT2D eigenvalue weighted by Gasteiger charge is -2.33. The average Bonchev–Trinajstić information content (AvgIpc) is 2.98. The summed E-state index contributed by atoms with van der Waals surface area (Å²) in [6, 6.07) is 1.99. The van der Waals surface area contributed by atoms with Crippen LogP contribution in [0.3, 0.4) is 0 Å². The van der Waals surface area contributed by atoms with Crippen molar-refractivity contribution in [3.05, 3.63) is 0 Å². The Bertz CT molecular complexity index is 250. The van der Waals surface area contributed by atoms with Gasteiger partial charge in [0.25, 0.3) is 0 Å². The molecule has 1 saturated carbocycles. The van der Waals surface area contributed by atoms with Crippen molar-refractivity contribution < 1.29 is 0 Å². The molecular weight excluding hydrogens is 210 g/mol. The number of likely N-dealkylation sites (tertiary alicyclic amines) is 2. The number of hydrogen-bond acceptors (Lipinski definition) is 3. The Labute approximate surface area is 105 Å². The van der Waals surface area contributed by atoms with E-state index in [1.807, 2.05) is 0 Å². The minimum atomic E-state index is 0.454. The van der Waals surface area contributed by atoms with Gasteiger partial charge in [0.15, 0.2) is 0 Å². The maximum atomic E-state index is 6.23. The van der Waals surface area contributed by atoms with E-state index in [4.69, 9.17) is 5.73 Å². The van der Waals surface area contributed by atoms with E-state index in [1.165, 1.54) is 71.1 Å². The Balaban J connectivity index is 1.54. The second-order valence-electron chi connectivity index (χ2n) is 6.20. The zero-order chi connectivity index (χ0) is 11.7. The second-order valence-corrected chi connectivity index (χ2v) is 6.20. The van der Waals surface area contributed by atoms with Crippen molar-refractivity contribution in [3.8, 4) is 0 Å². The smallest absolute Gasteiger partial charge is 0.0247 e. The Morgan fingerprint density at radius 2 is 1.59 bits per heavy atom. The van der Waals surface area contributed by atoms with Crippen LogP contribution in [0.2, 0.25) is 0 Å². The van der Waals surface area contributed by atoms with Gasteiger partial charge in [-0.25, -0.2) is 0 Å². The molecule has 2 aliphatic heterocycles. The van der Waals surface area contributed by atoms with Gasteiger partial charge in [-0.2, -0.15) is 0 Å². The van der Waals surface area contributed by atoms with E-state index in [-0.39, 0.29) is 0 Å². The summed E-state index contributed by atoms with van der Waals surface area (Å²) in [5, 5.41) is 0. The first-order valence-electron chi connectivity index (χ1n) is 7.58. The molecule has 2 heterocycles. The third-order valence-electron chi connectivity index (χ3n) is 5.10. The van der Waals surface area contributed by atoms with Gasteiger partial charge in [-0.05, 0) is 45.2 Å². The van der Waals surface area contributed by atoms with Gasteiger partial charge in [0.2, 0.25) is 0 Å². The van der Waals surface area contributed by atoms with Crippen LogP contribution in [0.5, 0.6) is 0 Å². The first-order valence-corrected chi connectivity index (χ1v) is 7.58. The molecule has 0 spiro atoms. The molecule has 2 saturated heterocycles. The van der Waals surface area contributed by atoms with E-state index in [0.29, 0.717) is 12.1 Å². The Morgan fingerprint density at radius 3 is 2.29 bits per heavy atom. The SMILES string of the molecule is NC1CCCC1N1CCC(N2CCCCC2)C1. The van der Waals surface area contributed by atoms with E-state index >= 15 is 0 Å². The van der Waals surface area contributed by atoms with Gasteiger partial charge in [-0.15, -0.1) is 0 Å². The van der Waals surface area contributed by atoms with Crippen LogP contribution in [0, 0.1) is 0 Å². The standard InChI is InChI=1S/C14H27N3/c15-13-5-4-6-14(13)17-10-7-12(11-17)16-8-2-1-3-9-16/h12-14H,1-11,15H2. The first-order chi connectivity index (χ1) is 8.34. The summed E-state index contributed by atoms with van der Waals surface area (Å²) >= 11 is 0. The van der Waals surface area contributed by atoms with Crippen molar-refractivity contribution in [1.29, 1.82) is 0 Å². The van der Waals surface area contributed by atoms with Crippen molar-refractivity contribution >= 4 is 0 Å². The predicted molar refractivity (Wildman–Crippen MR) is 71.0 cm³/mol. The molecule has 3 fully saturated rings. The molecule has 0 radical (unpaired) electrons. The highest BCUT2D eigenvalue weighted by Gasteiger charge is 2.36. The summed E-state index contributed by atoms with van der Waals surface area (Å²) < 4.78 is 0. The fourth-order valence-corrected chi connectivity index (χ4v) is 4.07. The van der Waals surface area contributed by atoms with Crippen LogP contribution >= 0.6 is 0 Å². The summed E-state index contributed by atoms with van der Waals surface area (Å²) in [4.78, 5) is 5.43. The van der Waals surface area contributed by atoms with E-state index in [2.05, 4.69) is 9.80 Å². The first kappa shape index (κ1) is 11.9. The lowest BCUT2D eigenvalue weighted by Crippen LogP contribution is -2.46. The summed E-state index contributed by atoms with van der Waals surface area (Å²) in [5.41, 5.74) is 6.23. The minimum Gasteiger partial charge on any atom is -0.326 e. The summed E-state index contributed by atoms with van der Waals surface area (Å²) in [6.07, 6.45) is 9.59. The van der Waals surface area contributed by atoms with Crippen LogP contribution in [-0.4, -0.2) is 54.1 Å². The van der Waals surface area contributed by atoms with Crippen LogP contribution < -0.4 is 5.73 Å². The van der Waals surface area contributed by atoms with Gasteiger partial charge in [-0.3, -0.25) is 9.80 Å². The van der Waals surface area contributed by atoms with Crippen molar-refractivity contribution in [2.75, 3.05) is 26.2 Å². The molecule has 3 atom stereocenters. The minimum absolute atomic E-state index is 0.454. The number of piperidine rings is 1.